The second kappa shape index (κ2) is 3.91. The van der Waals surface area contributed by atoms with Crippen LogP contribution in [0.4, 0.5) is 4.79 Å². The first kappa shape index (κ1) is 11.7. The van der Waals surface area contributed by atoms with E-state index in [2.05, 4.69) is 23.6 Å². The molecule has 1 aliphatic carbocycles. The minimum Gasteiger partial charge on any atom is -0.331 e. The van der Waals surface area contributed by atoms with Crippen LogP contribution in [0.5, 0.6) is 0 Å². The van der Waals surface area contributed by atoms with E-state index in [-0.39, 0.29) is 11.6 Å². The van der Waals surface area contributed by atoms with Crippen molar-refractivity contribution in [2.45, 2.75) is 38.3 Å². The van der Waals surface area contributed by atoms with Gasteiger partial charge in [0.1, 0.15) is 0 Å². The Balaban J connectivity index is 2.06. The molecule has 2 rings (SSSR count). The molecule has 1 spiro atoms. The van der Waals surface area contributed by atoms with Crippen molar-refractivity contribution in [3.8, 4) is 0 Å². The zero-order chi connectivity index (χ0) is 11.9. The number of hydrogen-bond donors (Lipinski definition) is 0. The van der Waals surface area contributed by atoms with Crippen LogP contribution < -0.4 is 0 Å². The lowest BCUT2D eigenvalue weighted by atomic mass is 10.1. The number of rotatable bonds is 1. The highest BCUT2D eigenvalue weighted by atomic mass is 16.2. The third-order valence-corrected chi connectivity index (χ3v) is 3.85. The highest BCUT2D eigenvalue weighted by Gasteiger charge is 2.53. The molecule has 0 aromatic rings. The molecule has 1 saturated carbocycles. The zero-order valence-corrected chi connectivity index (χ0v) is 10.9. The number of hydrogen-bond acceptors (Lipinski definition) is 2. The summed E-state index contributed by atoms with van der Waals surface area (Å²) in [5, 5.41) is 0. The highest BCUT2D eigenvalue weighted by Crippen LogP contribution is 2.44. The van der Waals surface area contributed by atoms with Crippen LogP contribution in [0, 0.1) is 0 Å². The number of carbonyl (C=O) groups excluding carboxylic acids is 1. The van der Waals surface area contributed by atoms with Crippen LogP contribution >= 0.6 is 0 Å². The van der Waals surface area contributed by atoms with Crippen molar-refractivity contribution in [2.75, 3.05) is 33.7 Å². The highest BCUT2D eigenvalue weighted by molar-refractivity contribution is 5.75. The fourth-order valence-corrected chi connectivity index (χ4v) is 2.56. The Morgan fingerprint density at radius 2 is 1.88 bits per heavy atom. The summed E-state index contributed by atoms with van der Waals surface area (Å²) in [6.45, 7) is 7.43. The smallest absolute Gasteiger partial charge is 0.320 e. The van der Waals surface area contributed by atoms with Gasteiger partial charge in [0.05, 0.1) is 5.54 Å². The maximum absolute atomic E-state index is 12.1. The molecule has 16 heavy (non-hydrogen) atoms. The van der Waals surface area contributed by atoms with Crippen LogP contribution in [0.15, 0.2) is 0 Å². The molecule has 0 unspecified atom stereocenters. The fraction of sp³-hybridized carbons (Fsp3) is 0.917. The van der Waals surface area contributed by atoms with Gasteiger partial charge in [0.15, 0.2) is 0 Å². The summed E-state index contributed by atoms with van der Waals surface area (Å²) >= 11 is 0. The van der Waals surface area contributed by atoms with Crippen LogP contribution in [-0.4, -0.2) is 66.0 Å². The van der Waals surface area contributed by atoms with Crippen molar-refractivity contribution in [2.24, 2.45) is 0 Å². The minimum atomic E-state index is 0.171. The Morgan fingerprint density at radius 3 is 2.31 bits per heavy atom. The Hall–Kier alpha value is -0.770. The van der Waals surface area contributed by atoms with Gasteiger partial charge in [-0.1, -0.05) is 0 Å². The molecule has 0 radical (unpaired) electrons. The number of piperazine rings is 1. The Kier molecular flexibility index (Phi) is 2.86. The van der Waals surface area contributed by atoms with E-state index < -0.39 is 0 Å². The predicted octanol–water partition coefficient (Wildman–Crippen LogP) is 1.23. The molecule has 1 saturated heterocycles. The van der Waals surface area contributed by atoms with E-state index in [0.717, 1.165) is 19.6 Å². The van der Waals surface area contributed by atoms with Crippen molar-refractivity contribution in [3.63, 3.8) is 0 Å². The second-order valence-electron chi connectivity index (χ2n) is 5.62. The summed E-state index contributed by atoms with van der Waals surface area (Å²) in [7, 11) is 3.68. The first-order valence-electron chi connectivity index (χ1n) is 6.19. The van der Waals surface area contributed by atoms with Gasteiger partial charge in [0, 0.05) is 39.8 Å². The van der Waals surface area contributed by atoms with Gasteiger partial charge in [-0.2, -0.15) is 0 Å². The van der Waals surface area contributed by atoms with E-state index in [1.807, 2.05) is 14.1 Å². The maximum atomic E-state index is 12.1. The number of nitrogens with zero attached hydrogens (tertiary/aromatic N) is 3. The van der Waals surface area contributed by atoms with Crippen molar-refractivity contribution in [1.29, 1.82) is 0 Å². The Bertz CT molecular complexity index is 284. The molecule has 1 aliphatic heterocycles. The van der Waals surface area contributed by atoms with Crippen molar-refractivity contribution in [3.05, 3.63) is 0 Å². The average molecular weight is 225 g/mol. The molecular weight excluding hydrogens is 202 g/mol. The lowest BCUT2D eigenvalue weighted by Crippen LogP contribution is -2.60. The zero-order valence-electron chi connectivity index (χ0n) is 10.9. The van der Waals surface area contributed by atoms with Gasteiger partial charge in [-0.25, -0.2) is 4.79 Å². The molecule has 0 aromatic carbocycles. The molecular formula is C12H23N3O. The normalized spacial score (nSPS) is 23.9. The summed E-state index contributed by atoms with van der Waals surface area (Å²) in [5.41, 5.74) is 0.171. The quantitative estimate of drug-likeness (QED) is 0.671. The van der Waals surface area contributed by atoms with Gasteiger partial charge < -0.3 is 9.80 Å². The van der Waals surface area contributed by atoms with Crippen molar-refractivity contribution >= 4 is 6.03 Å². The Morgan fingerprint density at radius 1 is 1.25 bits per heavy atom. The lowest BCUT2D eigenvalue weighted by Gasteiger charge is -2.44. The molecule has 0 aromatic heterocycles. The molecule has 2 aliphatic rings. The SMILES string of the molecule is CC(C)N1CCN(C(=O)N(C)C)C2(CC2)C1. The van der Waals surface area contributed by atoms with Crippen LogP contribution in [-0.2, 0) is 0 Å². The number of carbonyl (C=O) groups is 1. The van der Waals surface area contributed by atoms with Gasteiger partial charge in [-0.15, -0.1) is 0 Å². The predicted molar refractivity (Wildman–Crippen MR) is 64.5 cm³/mol. The van der Waals surface area contributed by atoms with Gasteiger partial charge >= 0.3 is 6.03 Å². The third kappa shape index (κ3) is 1.90. The van der Waals surface area contributed by atoms with Gasteiger partial charge in [-0.3, -0.25) is 4.90 Å². The van der Waals surface area contributed by atoms with Crippen LogP contribution in [0.3, 0.4) is 0 Å². The summed E-state index contributed by atoms with van der Waals surface area (Å²) in [4.78, 5) is 18.3. The summed E-state index contributed by atoms with van der Waals surface area (Å²) in [5.74, 6) is 0. The van der Waals surface area contributed by atoms with Crippen LogP contribution in [0.1, 0.15) is 26.7 Å². The third-order valence-electron chi connectivity index (χ3n) is 3.85. The largest absolute Gasteiger partial charge is 0.331 e. The van der Waals surface area contributed by atoms with Gasteiger partial charge in [0.25, 0.3) is 0 Å². The Labute approximate surface area is 98.2 Å². The molecule has 2 amide bonds. The number of urea groups is 1. The molecule has 0 atom stereocenters. The van der Waals surface area contributed by atoms with E-state index >= 15 is 0 Å². The van der Waals surface area contributed by atoms with E-state index in [0.29, 0.717) is 6.04 Å². The van der Waals surface area contributed by atoms with E-state index in [1.54, 1.807) is 4.90 Å². The number of amides is 2. The van der Waals surface area contributed by atoms with Crippen LogP contribution in [0.25, 0.3) is 0 Å². The van der Waals surface area contributed by atoms with Crippen molar-refractivity contribution in [1.82, 2.24) is 14.7 Å². The first-order chi connectivity index (χ1) is 7.46. The minimum absolute atomic E-state index is 0.171. The molecule has 2 fully saturated rings. The van der Waals surface area contributed by atoms with Gasteiger partial charge in [-0.05, 0) is 26.7 Å². The second-order valence-corrected chi connectivity index (χ2v) is 5.62. The lowest BCUT2D eigenvalue weighted by molar-refractivity contribution is 0.0548. The fourth-order valence-electron chi connectivity index (χ4n) is 2.56. The molecule has 1 heterocycles. The monoisotopic (exact) mass is 225 g/mol. The molecule has 92 valence electrons. The average Bonchev–Trinajstić information content (AvgIpc) is 2.97. The summed E-state index contributed by atoms with van der Waals surface area (Å²) < 4.78 is 0. The molecule has 0 N–H and O–H groups in total. The van der Waals surface area contributed by atoms with E-state index in [1.165, 1.54) is 12.8 Å². The van der Waals surface area contributed by atoms with Crippen LogP contribution in [0.2, 0.25) is 0 Å². The van der Waals surface area contributed by atoms with E-state index in [4.69, 9.17) is 0 Å². The van der Waals surface area contributed by atoms with Gasteiger partial charge in [0.2, 0.25) is 0 Å². The first-order valence-corrected chi connectivity index (χ1v) is 6.19. The molecule has 4 heteroatoms. The molecule has 0 bridgehead atoms. The van der Waals surface area contributed by atoms with E-state index in [9.17, 15) is 4.79 Å². The topological polar surface area (TPSA) is 26.8 Å². The maximum Gasteiger partial charge on any atom is 0.320 e. The summed E-state index contributed by atoms with van der Waals surface area (Å²) in [6, 6.07) is 0.773. The standard InChI is InChI=1S/C12H23N3O/c1-10(2)14-7-8-15(11(16)13(3)4)12(9-14)5-6-12/h10H,5-9H2,1-4H3. The summed E-state index contributed by atoms with van der Waals surface area (Å²) in [6.07, 6.45) is 2.35. The molecule has 4 nitrogen and oxygen atoms in total. The van der Waals surface area contributed by atoms with Crippen molar-refractivity contribution < 1.29 is 4.79 Å².